The molecular weight excluding hydrogens is 402 g/mol. The molecule has 0 heterocycles. The Morgan fingerprint density at radius 1 is 1.00 bits per heavy atom. The first-order chi connectivity index (χ1) is 11.4. The molecule has 0 aliphatic carbocycles. The van der Waals surface area contributed by atoms with Crippen molar-refractivity contribution in [2.24, 2.45) is 5.41 Å². The van der Waals surface area contributed by atoms with Crippen LogP contribution in [0.1, 0.15) is 27.2 Å². The number of carbonyl (C=O) groups is 1. The third kappa shape index (κ3) is 7.37. The van der Waals surface area contributed by atoms with E-state index in [-0.39, 0.29) is 0 Å². The van der Waals surface area contributed by atoms with Gasteiger partial charge in [0.15, 0.2) is 15.7 Å². The summed E-state index contributed by atoms with van der Waals surface area (Å²) >= 11 is 0. The Balaban J connectivity index is 5.20. The third-order valence-electron chi connectivity index (χ3n) is 2.97. The standard InChI is InChI=1S/C12H16F6O7S/c1-4-10(2,3)9(19)23-5-6-24-25-8(26(20,21)22)7(11(13,14)15)12(16,17)18/h4-6H2,1-3H3,(H,20,21,22)/p-1. The van der Waals surface area contributed by atoms with Crippen molar-refractivity contribution < 1.29 is 58.6 Å². The van der Waals surface area contributed by atoms with E-state index in [9.17, 15) is 44.1 Å². The molecule has 0 radical (unpaired) electrons. The first kappa shape index (κ1) is 24.5. The number of carbonyl (C=O) groups excluding carboxylic acids is 1. The number of rotatable bonds is 8. The maximum atomic E-state index is 12.5. The molecule has 0 aliphatic heterocycles. The van der Waals surface area contributed by atoms with Crippen LogP contribution in [0.15, 0.2) is 10.7 Å². The van der Waals surface area contributed by atoms with E-state index < -0.39 is 57.7 Å². The molecule has 0 bridgehead atoms. The first-order valence-corrected chi connectivity index (χ1v) is 8.16. The Morgan fingerprint density at radius 3 is 1.81 bits per heavy atom. The maximum absolute atomic E-state index is 12.5. The van der Waals surface area contributed by atoms with Gasteiger partial charge in [-0.05, 0) is 20.3 Å². The normalized spacial score (nSPS) is 13.3. The molecule has 0 saturated heterocycles. The number of hydrogen-bond donors (Lipinski definition) is 0. The Bertz CT molecular complexity index is 617. The molecule has 7 nitrogen and oxygen atoms in total. The van der Waals surface area contributed by atoms with Crippen molar-refractivity contribution in [3.63, 3.8) is 0 Å². The molecule has 0 aromatic carbocycles. The predicted molar refractivity (Wildman–Crippen MR) is 70.9 cm³/mol. The van der Waals surface area contributed by atoms with E-state index in [1.807, 2.05) is 0 Å². The molecule has 0 unspecified atom stereocenters. The van der Waals surface area contributed by atoms with Crippen molar-refractivity contribution in [2.45, 2.75) is 39.5 Å². The van der Waals surface area contributed by atoms with Crippen molar-refractivity contribution in [1.29, 1.82) is 0 Å². The fourth-order valence-corrected chi connectivity index (χ4v) is 1.82. The molecule has 0 aromatic heterocycles. The Morgan fingerprint density at radius 2 is 1.46 bits per heavy atom. The van der Waals surface area contributed by atoms with E-state index in [2.05, 4.69) is 14.5 Å². The molecule has 14 heteroatoms. The van der Waals surface area contributed by atoms with Gasteiger partial charge in [0.05, 0.1) is 5.41 Å². The van der Waals surface area contributed by atoms with Crippen LogP contribution in [0.25, 0.3) is 0 Å². The highest BCUT2D eigenvalue weighted by Crippen LogP contribution is 2.42. The fourth-order valence-electron chi connectivity index (χ4n) is 1.20. The summed E-state index contributed by atoms with van der Waals surface area (Å²) in [6.45, 7) is 3.06. The van der Waals surface area contributed by atoms with E-state index in [1.165, 1.54) is 13.8 Å². The summed E-state index contributed by atoms with van der Waals surface area (Å²) in [5.41, 5.74) is -4.59. The van der Waals surface area contributed by atoms with Crippen LogP contribution in [0.4, 0.5) is 26.3 Å². The van der Waals surface area contributed by atoms with Gasteiger partial charge >= 0.3 is 18.3 Å². The molecule has 0 aliphatic rings. The highest BCUT2D eigenvalue weighted by atomic mass is 32.2. The number of halogens is 6. The van der Waals surface area contributed by atoms with Crippen LogP contribution in [0, 0.1) is 5.41 Å². The summed E-state index contributed by atoms with van der Waals surface area (Å²) in [5, 5.41) is -2.99. The summed E-state index contributed by atoms with van der Waals surface area (Å²) in [6, 6.07) is 0. The van der Waals surface area contributed by atoms with E-state index in [0.717, 1.165) is 0 Å². The zero-order chi connectivity index (χ0) is 21.0. The Labute approximate surface area is 144 Å². The van der Waals surface area contributed by atoms with Crippen LogP contribution in [-0.2, 0) is 29.4 Å². The predicted octanol–water partition coefficient (Wildman–Crippen LogP) is 2.80. The molecular formula is C12H15F6O7S-. The first-order valence-electron chi connectivity index (χ1n) is 6.76. The fraction of sp³-hybridized carbons (Fsp3) is 0.750. The Hall–Kier alpha value is -1.54. The highest BCUT2D eigenvalue weighted by molar-refractivity contribution is 7.89. The minimum absolute atomic E-state index is 0.366. The lowest BCUT2D eigenvalue weighted by atomic mass is 9.91. The van der Waals surface area contributed by atoms with Crippen LogP contribution >= 0.6 is 0 Å². The number of allylic oxidation sites excluding steroid dienone is 1. The van der Waals surface area contributed by atoms with Gasteiger partial charge in [0.25, 0.3) is 5.09 Å². The second-order valence-electron chi connectivity index (χ2n) is 5.39. The number of esters is 1. The maximum Gasteiger partial charge on any atom is 0.425 e. The van der Waals surface area contributed by atoms with Gasteiger partial charge in [-0.25, -0.2) is 8.42 Å². The second-order valence-corrected chi connectivity index (χ2v) is 6.67. The van der Waals surface area contributed by atoms with Crippen LogP contribution in [0.2, 0.25) is 0 Å². The molecule has 0 spiro atoms. The molecule has 0 saturated carbocycles. The zero-order valence-electron chi connectivity index (χ0n) is 13.7. The van der Waals surface area contributed by atoms with Gasteiger partial charge in [-0.2, -0.15) is 31.2 Å². The SMILES string of the molecule is CCC(C)(C)C(=O)OCCOOC(=C(C(F)(F)F)C(F)(F)F)S(=O)(=O)[O-]. The molecule has 26 heavy (non-hydrogen) atoms. The summed E-state index contributed by atoms with van der Waals surface area (Å²) in [7, 11) is -6.33. The Kier molecular flexibility index (Phi) is 7.93. The van der Waals surface area contributed by atoms with Crippen LogP contribution in [0.5, 0.6) is 0 Å². The topological polar surface area (TPSA) is 102 Å². The molecule has 154 valence electrons. The number of alkyl halides is 6. The summed E-state index contributed by atoms with van der Waals surface area (Å²) in [4.78, 5) is 18.9. The van der Waals surface area contributed by atoms with Gasteiger partial charge in [0.1, 0.15) is 13.2 Å². The van der Waals surface area contributed by atoms with Crippen molar-refractivity contribution >= 4 is 16.1 Å². The lowest BCUT2D eigenvalue weighted by molar-refractivity contribution is -0.268. The van der Waals surface area contributed by atoms with Crippen LogP contribution in [0.3, 0.4) is 0 Å². The van der Waals surface area contributed by atoms with Gasteiger partial charge in [-0.3, -0.25) is 4.79 Å². The molecule has 0 rings (SSSR count). The van der Waals surface area contributed by atoms with E-state index >= 15 is 0 Å². The van der Waals surface area contributed by atoms with Crippen molar-refractivity contribution in [2.75, 3.05) is 13.2 Å². The highest BCUT2D eigenvalue weighted by Gasteiger charge is 2.56. The summed E-state index contributed by atoms with van der Waals surface area (Å²) in [5.74, 6) is -0.748. The third-order valence-corrected chi connectivity index (χ3v) is 3.70. The van der Waals surface area contributed by atoms with Crippen molar-refractivity contribution in [3.8, 4) is 0 Å². The van der Waals surface area contributed by atoms with E-state index in [0.29, 0.717) is 6.42 Å². The smallest absolute Gasteiger partial charge is 0.425 e. The monoisotopic (exact) mass is 417 g/mol. The molecule has 0 N–H and O–H groups in total. The van der Waals surface area contributed by atoms with E-state index in [4.69, 9.17) is 0 Å². The van der Waals surface area contributed by atoms with Crippen LogP contribution < -0.4 is 0 Å². The molecule has 0 aromatic rings. The van der Waals surface area contributed by atoms with Gasteiger partial charge in [0.2, 0.25) is 0 Å². The minimum Gasteiger partial charge on any atom is -0.742 e. The van der Waals surface area contributed by atoms with Gasteiger partial charge in [-0.1, -0.05) is 6.92 Å². The number of ether oxygens (including phenoxy) is 1. The lowest BCUT2D eigenvalue weighted by Crippen LogP contribution is -2.31. The second kappa shape index (κ2) is 8.43. The quantitative estimate of drug-likeness (QED) is 0.114. The summed E-state index contributed by atoms with van der Waals surface area (Å²) in [6.07, 6.45) is -12.1. The summed E-state index contributed by atoms with van der Waals surface area (Å²) < 4.78 is 112. The van der Waals surface area contributed by atoms with Gasteiger partial charge in [0, 0.05) is 0 Å². The average molecular weight is 417 g/mol. The average Bonchev–Trinajstić information content (AvgIpc) is 2.41. The van der Waals surface area contributed by atoms with Crippen molar-refractivity contribution in [3.05, 3.63) is 10.7 Å². The number of hydrogen-bond acceptors (Lipinski definition) is 7. The lowest BCUT2D eigenvalue weighted by Gasteiger charge is -2.21. The largest absolute Gasteiger partial charge is 0.742 e. The van der Waals surface area contributed by atoms with Gasteiger partial charge in [-0.15, -0.1) is 0 Å². The molecule has 0 amide bonds. The molecule has 0 fully saturated rings. The minimum atomic E-state index is -6.33. The molecule has 0 atom stereocenters. The van der Waals surface area contributed by atoms with Crippen LogP contribution in [-0.4, -0.2) is 44.5 Å². The van der Waals surface area contributed by atoms with Crippen molar-refractivity contribution in [1.82, 2.24) is 0 Å². The zero-order valence-corrected chi connectivity index (χ0v) is 14.5. The van der Waals surface area contributed by atoms with Gasteiger partial charge < -0.3 is 14.2 Å². The van der Waals surface area contributed by atoms with E-state index in [1.54, 1.807) is 6.92 Å².